The van der Waals surface area contributed by atoms with Crippen molar-refractivity contribution >= 4 is 0 Å². The molecule has 1 aromatic rings. The van der Waals surface area contributed by atoms with Crippen LogP contribution in [0.3, 0.4) is 0 Å². The third-order valence-corrected chi connectivity index (χ3v) is 3.01. The van der Waals surface area contributed by atoms with E-state index >= 15 is 0 Å². The second kappa shape index (κ2) is 2.58. The van der Waals surface area contributed by atoms with Crippen molar-refractivity contribution in [2.45, 2.75) is 44.2 Å². The highest BCUT2D eigenvalue weighted by molar-refractivity contribution is 5.16. The smallest absolute Gasteiger partial charge is 0.131 e. The van der Waals surface area contributed by atoms with Crippen LogP contribution < -0.4 is 0 Å². The molecule has 3 rings (SSSR count). The fraction of sp³-hybridized carbons (Fsp3) is 0.700. The molecule has 1 aliphatic carbocycles. The van der Waals surface area contributed by atoms with Crippen molar-refractivity contribution in [2.24, 2.45) is 0 Å². The summed E-state index contributed by atoms with van der Waals surface area (Å²) in [7, 11) is 0. The van der Waals surface area contributed by atoms with Gasteiger partial charge < -0.3 is 9.67 Å². The zero-order valence-electron chi connectivity index (χ0n) is 7.61. The number of fused-ring (bicyclic) bond motifs is 1. The number of aryl methyl sites for hydroxylation is 1. The molecular formula is C10H14N2O. The maximum atomic E-state index is 9.70. The van der Waals surface area contributed by atoms with E-state index in [2.05, 4.69) is 11.2 Å². The lowest BCUT2D eigenvalue weighted by Gasteiger charge is -2.19. The Kier molecular flexibility index (Phi) is 1.50. The van der Waals surface area contributed by atoms with Gasteiger partial charge in [-0.2, -0.15) is 0 Å². The van der Waals surface area contributed by atoms with Gasteiger partial charge in [0.15, 0.2) is 0 Å². The van der Waals surface area contributed by atoms with E-state index < -0.39 is 0 Å². The van der Waals surface area contributed by atoms with E-state index in [9.17, 15) is 5.11 Å². The van der Waals surface area contributed by atoms with Crippen LogP contribution in [0.2, 0.25) is 0 Å². The topological polar surface area (TPSA) is 38.1 Å². The van der Waals surface area contributed by atoms with Crippen LogP contribution in [0.4, 0.5) is 0 Å². The molecule has 1 unspecified atom stereocenters. The third kappa shape index (κ3) is 1.18. The normalized spacial score (nSPS) is 27.3. The van der Waals surface area contributed by atoms with E-state index in [0.717, 1.165) is 25.1 Å². The first kappa shape index (κ1) is 7.56. The first-order valence-electron chi connectivity index (χ1n) is 5.10. The van der Waals surface area contributed by atoms with Gasteiger partial charge in [-0.15, -0.1) is 0 Å². The number of rotatable bonds is 1. The molecule has 0 aromatic carbocycles. The number of nitrogens with zero attached hydrogens (tertiary/aromatic N) is 2. The Morgan fingerprint density at radius 2 is 2.23 bits per heavy atom. The van der Waals surface area contributed by atoms with Crippen molar-refractivity contribution in [3.05, 3.63) is 17.7 Å². The highest BCUT2D eigenvalue weighted by atomic mass is 16.3. The first-order chi connectivity index (χ1) is 6.34. The minimum atomic E-state index is -0.316. The van der Waals surface area contributed by atoms with Crippen LogP contribution in [0.15, 0.2) is 6.20 Å². The molecule has 1 N–H and O–H groups in total. The van der Waals surface area contributed by atoms with Gasteiger partial charge in [-0.3, -0.25) is 0 Å². The molecule has 1 fully saturated rings. The standard InChI is InChI=1S/C10H14N2O/c13-10-3-1-2-9-11-8(6-12(9)10)7-4-5-7/h6-7,10,13H,1-5H2. The maximum Gasteiger partial charge on any atom is 0.131 e. The molecule has 0 bridgehead atoms. The summed E-state index contributed by atoms with van der Waals surface area (Å²) in [6.07, 6.45) is 7.29. The number of hydrogen-bond donors (Lipinski definition) is 1. The van der Waals surface area contributed by atoms with Crippen LogP contribution in [0.1, 0.15) is 49.3 Å². The minimum absolute atomic E-state index is 0.316. The lowest BCUT2D eigenvalue weighted by molar-refractivity contribution is 0.0780. The van der Waals surface area contributed by atoms with Gasteiger partial charge in [0, 0.05) is 18.5 Å². The van der Waals surface area contributed by atoms with Crippen LogP contribution in [-0.2, 0) is 6.42 Å². The molecule has 3 heteroatoms. The van der Waals surface area contributed by atoms with Gasteiger partial charge in [0.1, 0.15) is 12.1 Å². The van der Waals surface area contributed by atoms with Gasteiger partial charge in [0.2, 0.25) is 0 Å². The lowest BCUT2D eigenvalue weighted by Crippen LogP contribution is -2.16. The van der Waals surface area contributed by atoms with Crippen molar-refractivity contribution < 1.29 is 5.11 Å². The summed E-state index contributed by atoms with van der Waals surface area (Å²) < 4.78 is 1.96. The summed E-state index contributed by atoms with van der Waals surface area (Å²) in [4.78, 5) is 4.57. The largest absolute Gasteiger partial charge is 0.373 e. The number of aliphatic hydroxyl groups excluding tert-OH is 1. The Bertz CT molecular complexity index is 328. The molecule has 70 valence electrons. The van der Waals surface area contributed by atoms with Gasteiger partial charge in [-0.05, 0) is 25.7 Å². The Balaban J connectivity index is 1.99. The predicted molar refractivity (Wildman–Crippen MR) is 48.4 cm³/mol. The third-order valence-electron chi connectivity index (χ3n) is 3.01. The molecular weight excluding hydrogens is 164 g/mol. The summed E-state index contributed by atoms with van der Waals surface area (Å²) in [6, 6.07) is 0. The van der Waals surface area contributed by atoms with E-state index in [4.69, 9.17) is 0 Å². The van der Waals surface area contributed by atoms with E-state index in [-0.39, 0.29) is 6.23 Å². The molecule has 1 aromatic heterocycles. The Hall–Kier alpha value is -0.830. The van der Waals surface area contributed by atoms with Gasteiger partial charge >= 0.3 is 0 Å². The molecule has 1 saturated carbocycles. The van der Waals surface area contributed by atoms with Crippen molar-refractivity contribution in [1.29, 1.82) is 0 Å². The zero-order valence-corrected chi connectivity index (χ0v) is 7.61. The van der Waals surface area contributed by atoms with Crippen molar-refractivity contribution in [3.63, 3.8) is 0 Å². The molecule has 0 amide bonds. The molecule has 13 heavy (non-hydrogen) atoms. The molecule has 0 saturated heterocycles. The quantitative estimate of drug-likeness (QED) is 0.709. The van der Waals surface area contributed by atoms with Crippen LogP contribution in [-0.4, -0.2) is 14.7 Å². The number of imidazole rings is 1. The average Bonchev–Trinajstić information content (AvgIpc) is 2.87. The molecule has 0 radical (unpaired) electrons. The molecule has 1 aliphatic heterocycles. The maximum absolute atomic E-state index is 9.70. The summed E-state index contributed by atoms with van der Waals surface area (Å²) >= 11 is 0. The number of aromatic nitrogens is 2. The van der Waals surface area contributed by atoms with Crippen LogP contribution in [0.5, 0.6) is 0 Å². The van der Waals surface area contributed by atoms with E-state index in [1.54, 1.807) is 0 Å². The summed E-state index contributed by atoms with van der Waals surface area (Å²) in [6.45, 7) is 0. The van der Waals surface area contributed by atoms with Crippen molar-refractivity contribution in [1.82, 2.24) is 9.55 Å². The second-order valence-electron chi connectivity index (χ2n) is 4.14. The summed E-state index contributed by atoms with van der Waals surface area (Å²) in [5.41, 5.74) is 1.20. The van der Waals surface area contributed by atoms with Crippen molar-refractivity contribution in [3.8, 4) is 0 Å². The Morgan fingerprint density at radius 3 is 2.92 bits per heavy atom. The SMILES string of the molecule is OC1CCCc2nc(C3CC3)cn21. The first-order valence-corrected chi connectivity index (χ1v) is 5.10. The molecule has 1 atom stereocenters. The molecule has 3 nitrogen and oxygen atoms in total. The number of hydrogen-bond acceptors (Lipinski definition) is 2. The second-order valence-corrected chi connectivity index (χ2v) is 4.14. The van der Waals surface area contributed by atoms with E-state index in [0.29, 0.717) is 5.92 Å². The van der Waals surface area contributed by atoms with Crippen LogP contribution in [0.25, 0.3) is 0 Å². The number of aliphatic hydroxyl groups is 1. The van der Waals surface area contributed by atoms with Gasteiger partial charge in [0.25, 0.3) is 0 Å². The Labute approximate surface area is 77.4 Å². The van der Waals surface area contributed by atoms with Crippen LogP contribution >= 0.6 is 0 Å². The highest BCUT2D eigenvalue weighted by Gasteiger charge is 2.29. The fourth-order valence-electron chi connectivity index (χ4n) is 2.05. The van der Waals surface area contributed by atoms with Gasteiger partial charge in [0.05, 0.1) is 5.69 Å². The monoisotopic (exact) mass is 178 g/mol. The van der Waals surface area contributed by atoms with E-state index in [1.807, 2.05) is 4.57 Å². The van der Waals surface area contributed by atoms with Gasteiger partial charge in [-0.1, -0.05) is 0 Å². The molecule has 0 spiro atoms. The summed E-state index contributed by atoms with van der Waals surface area (Å²) in [5.74, 6) is 1.78. The summed E-state index contributed by atoms with van der Waals surface area (Å²) in [5, 5.41) is 9.70. The fourth-order valence-corrected chi connectivity index (χ4v) is 2.05. The highest BCUT2D eigenvalue weighted by Crippen LogP contribution is 2.40. The molecule has 2 aliphatic rings. The predicted octanol–water partition coefficient (Wildman–Crippen LogP) is 1.59. The zero-order chi connectivity index (χ0) is 8.84. The van der Waals surface area contributed by atoms with Crippen LogP contribution in [0, 0.1) is 0 Å². The van der Waals surface area contributed by atoms with Gasteiger partial charge in [-0.25, -0.2) is 4.98 Å². The molecule has 2 heterocycles. The Morgan fingerprint density at radius 1 is 1.38 bits per heavy atom. The average molecular weight is 178 g/mol. The van der Waals surface area contributed by atoms with Crippen molar-refractivity contribution in [2.75, 3.05) is 0 Å². The van der Waals surface area contributed by atoms with E-state index in [1.165, 1.54) is 18.5 Å². The minimum Gasteiger partial charge on any atom is -0.373 e. The lowest BCUT2D eigenvalue weighted by atomic mass is 10.1.